The van der Waals surface area contributed by atoms with Gasteiger partial charge in [0.15, 0.2) is 0 Å². The van der Waals surface area contributed by atoms with Gasteiger partial charge in [-0.05, 0) is 36.7 Å². The van der Waals surface area contributed by atoms with Gasteiger partial charge >= 0.3 is 12.1 Å². The van der Waals surface area contributed by atoms with Crippen molar-refractivity contribution in [1.82, 2.24) is 9.29 Å². The molecule has 0 aliphatic carbocycles. The number of carbonyl (C=O) groups is 1. The molecule has 0 bridgehead atoms. The lowest BCUT2D eigenvalue weighted by molar-refractivity contribution is -0.192. The molecular formula is C17H17F3N2O5S2. The zero-order valence-electron chi connectivity index (χ0n) is 15.0. The average molecular weight is 450 g/mol. The highest BCUT2D eigenvalue weighted by Gasteiger charge is 2.38. The molecule has 0 amide bonds. The maximum absolute atomic E-state index is 12.7. The summed E-state index contributed by atoms with van der Waals surface area (Å²) in [6.07, 6.45) is -3.51. The van der Waals surface area contributed by atoms with Crippen molar-refractivity contribution < 1.29 is 36.2 Å². The number of hydrogen-bond acceptors (Lipinski definition) is 6. The lowest BCUT2D eigenvalue weighted by atomic mass is 10.2. The van der Waals surface area contributed by atoms with Crippen molar-refractivity contribution in [3.05, 3.63) is 48.0 Å². The monoisotopic (exact) mass is 450 g/mol. The van der Waals surface area contributed by atoms with Crippen molar-refractivity contribution in [2.75, 3.05) is 20.2 Å². The van der Waals surface area contributed by atoms with Gasteiger partial charge in [0.2, 0.25) is 0 Å². The van der Waals surface area contributed by atoms with E-state index >= 15 is 0 Å². The number of nitrogens with zero attached hydrogens (tertiary/aromatic N) is 1. The molecular weight excluding hydrogens is 433 g/mol. The molecule has 0 saturated carbocycles. The normalized spacial score (nSPS) is 11.7. The number of carboxylic acids is 1. The molecule has 3 aromatic rings. The molecule has 3 rings (SSSR count). The van der Waals surface area contributed by atoms with Crippen molar-refractivity contribution in [2.45, 2.75) is 10.4 Å². The van der Waals surface area contributed by atoms with Crippen molar-refractivity contribution in [3.63, 3.8) is 0 Å². The highest BCUT2D eigenvalue weighted by molar-refractivity contribution is 7.92. The molecule has 0 atom stereocenters. The molecule has 2 N–H and O–H groups in total. The maximum Gasteiger partial charge on any atom is 0.490 e. The standard InChI is InChI=1S/C15H16N2O3S2.C2HF3O2/c1-16-8-10-20-14-5-2-4-13-12(14)7-9-17(13)22(18,19)15-6-3-11-21-15;3-2(4,5)1(6)7/h2-7,9,11,16H,8,10H2,1H3;(H,6,7). The largest absolute Gasteiger partial charge is 0.492 e. The first kappa shape index (κ1) is 22.7. The van der Waals surface area contributed by atoms with E-state index in [1.54, 1.807) is 41.9 Å². The fourth-order valence-electron chi connectivity index (χ4n) is 2.22. The number of carboxylic acid groups (broad SMARTS) is 1. The minimum absolute atomic E-state index is 0.325. The fourth-order valence-corrected chi connectivity index (χ4v) is 4.65. The van der Waals surface area contributed by atoms with Crippen LogP contribution in [0, 0.1) is 0 Å². The second-order valence-electron chi connectivity index (χ2n) is 5.49. The summed E-state index contributed by atoms with van der Waals surface area (Å²) >= 11 is 1.21. The van der Waals surface area contributed by atoms with E-state index in [1.165, 1.54) is 15.3 Å². The molecule has 0 aliphatic rings. The van der Waals surface area contributed by atoms with Crippen LogP contribution in [-0.2, 0) is 14.8 Å². The summed E-state index contributed by atoms with van der Waals surface area (Å²) in [4.78, 5) is 8.90. The van der Waals surface area contributed by atoms with Gasteiger partial charge in [-0.15, -0.1) is 11.3 Å². The molecule has 1 aromatic carbocycles. The van der Waals surface area contributed by atoms with Gasteiger partial charge in [-0.25, -0.2) is 8.77 Å². The zero-order chi connectivity index (χ0) is 21.7. The molecule has 29 heavy (non-hydrogen) atoms. The maximum atomic E-state index is 12.7. The summed E-state index contributed by atoms with van der Waals surface area (Å²) < 4.78 is 64.4. The molecule has 12 heteroatoms. The van der Waals surface area contributed by atoms with E-state index in [1.807, 2.05) is 13.1 Å². The van der Waals surface area contributed by atoms with E-state index in [9.17, 15) is 21.6 Å². The van der Waals surface area contributed by atoms with Gasteiger partial charge in [0.1, 0.15) is 16.6 Å². The third-order valence-electron chi connectivity index (χ3n) is 3.52. The van der Waals surface area contributed by atoms with Crippen LogP contribution in [0.1, 0.15) is 0 Å². The van der Waals surface area contributed by atoms with Gasteiger partial charge in [-0.2, -0.15) is 21.6 Å². The molecule has 0 spiro atoms. The van der Waals surface area contributed by atoms with Crippen molar-refractivity contribution in [3.8, 4) is 5.75 Å². The van der Waals surface area contributed by atoms with Gasteiger partial charge in [-0.3, -0.25) is 0 Å². The predicted octanol–water partition coefficient (Wildman–Crippen LogP) is 3.17. The van der Waals surface area contributed by atoms with E-state index in [2.05, 4.69) is 5.32 Å². The summed E-state index contributed by atoms with van der Waals surface area (Å²) in [7, 11) is -1.70. The number of rotatable bonds is 6. The van der Waals surface area contributed by atoms with Crippen LogP contribution in [0.4, 0.5) is 13.2 Å². The number of aliphatic carboxylic acids is 1. The number of likely N-dealkylation sites (N-methyl/N-ethyl adjacent to an activating group) is 1. The first-order valence-electron chi connectivity index (χ1n) is 8.05. The molecule has 0 unspecified atom stereocenters. The first-order chi connectivity index (χ1) is 13.6. The third-order valence-corrected chi connectivity index (χ3v) is 6.58. The Morgan fingerprint density at radius 2 is 1.93 bits per heavy atom. The molecule has 2 aromatic heterocycles. The van der Waals surface area contributed by atoms with Crippen LogP contribution >= 0.6 is 11.3 Å². The Balaban J connectivity index is 0.000000370. The molecule has 0 radical (unpaired) electrons. The topological polar surface area (TPSA) is 97.6 Å². The summed E-state index contributed by atoms with van der Waals surface area (Å²) in [5.41, 5.74) is 0.621. The predicted molar refractivity (Wildman–Crippen MR) is 102 cm³/mol. The molecule has 0 fully saturated rings. The Morgan fingerprint density at radius 3 is 2.48 bits per heavy atom. The second kappa shape index (κ2) is 9.29. The number of nitrogens with one attached hydrogen (secondary N) is 1. The number of ether oxygens (including phenoxy) is 1. The van der Waals surface area contributed by atoms with Gasteiger partial charge in [0.25, 0.3) is 10.0 Å². The lowest BCUT2D eigenvalue weighted by Crippen LogP contribution is -2.21. The molecule has 158 valence electrons. The molecule has 7 nitrogen and oxygen atoms in total. The molecule has 2 heterocycles. The quantitative estimate of drug-likeness (QED) is 0.560. The molecule has 0 saturated heterocycles. The van der Waals surface area contributed by atoms with E-state index < -0.39 is 22.2 Å². The average Bonchev–Trinajstić information content (AvgIpc) is 3.32. The van der Waals surface area contributed by atoms with Crippen LogP contribution in [0.2, 0.25) is 0 Å². The summed E-state index contributed by atoms with van der Waals surface area (Å²) in [5.74, 6) is -2.07. The van der Waals surface area contributed by atoms with Gasteiger partial charge in [0, 0.05) is 18.1 Å². The van der Waals surface area contributed by atoms with Crippen molar-refractivity contribution >= 4 is 38.2 Å². The Hall–Kier alpha value is -2.57. The van der Waals surface area contributed by atoms with Crippen molar-refractivity contribution in [1.29, 1.82) is 0 Å². The Morgan fingerprint density at radius 1 is 1.24 bits per heavy atom. The highest BCUT2D eigenvalue weighted by atomic mass is 32.2. The number of aromatic nitrogens is 1. The van der Waals surface area contributed by atoms with E-state index in [0.717, 1.165) is 11.9 Å². The fraction of sp³-hybridized carbons (Fsp3) is 0.235. The summed E-state index contributed by atoms with van der Waals surface area (Å²) in [6, 6.07) is 10.5. The number of alkyl halides is 3. The second-order valence-corrected chi connectivity index (χ2v) is 8.48. The molecule has 0 aliphatic heterocycles. The van der Waals surface area contributed by atoms with Crippen LogP contribution in [0.3, 0.4) is 0 Å². The zero-order valence-corrected chi connectivity index (χ0v) is 16.6. The summed E-state index contributed by atoms with van der Waals surface area (Å²) in [5, 5.41) is 12.7. The van der Waals surface area contributed by atoms with E-state index in [0.29, 0.717) is 22.1 Å². The number of benzene rings is 1. The number of fused-ring (bicyclic) bond motifs is 1. The van der Waals surface area contributed by atoms with Crippen molar-refractivity contribution in [2.24, 2.45) is 0 Å². The Labute approximate surface area is 168 Å². The van der Waals surface area contributed by atoms with Crippen LogP contribution in [0.25, 0.3) is 10.9 Å². The smallest absolute Gasteiger partial charge is 0.490 e. The number of hydrogen-bond donors (Lipinski definition) is 2. The van der Waals surface area contributed by atoms with Crippen LogP contribution < -0.4 is 10.1 Å². The number of halogens is 3. The van der Waals surface area contributed by atoms with E-state index in [-0.39, 0.29) is 0 Å². The Kier molecular flexibility index (Phi) is 7.27. The van der Waals surface area contributed by atoms with Crippen LogP contribution in [-0.4, -0.2) is 49.8 Å². The van der Waals surface area contributed by atoms with E-state index in [4.69, 9.17) is 14.6 Å². The van der Waals surface area contributed by atoms with Gasteiger partial charge in [-0.1, -0.05) is 12.1 Å². The first-order valence-corrected chi connectivity index (χ1v) is 10.4. The SMILES string of the molecule is CNCCOc1cccc2c1ccn2S(=O)(=O)c1cccs1.O=C(O)C(F)(F)F. The Bertz CT molecular complexity index is 1060. The lowest BCUT2D eigenvalue weighted by Gasteiger charge is -2.09. The van der Waals surface area contributed by atoms with Crippen LogP contribution in [0.5, 0.6) is 5.75 Å². The van der Waals surface area contributed by atoms with Gasteiger partial charge in [0.05, 0.1) is 5.52 Å². The van der Waals surface area contributed by atoms with Crippen LogP contribution in [0.15, 0.2) is 52.2 Å². The van der Waals surface area contributed by atoms with Gasteiger partial charge < -0.3 is 15.2 Å². The summed E-state index contributed by atoms with van der Waals surface area (Å²) in [6.45, 7) is 1.25. The minimum Gasteiger partial charge on any atom is -0.492 e. The minimum atomic E-state index is -5.08. The third kappa shape index (κ3) is 5.49. The number of thiophene rings is 1. The highest BCUT2D eigenvalue weighted by Crippen LogP contribution is 2.30.